The molecule has 8 nitrogen and oxygen atoms in total. The maximum atomic E-state index is 13.5. The number of hydrogen-bond acceptors (Lipinski definition) is 6. The van der Waals surface area contributed by atoms with Gasteiger partial charge in [0.05, 0.1) is 6.04 Å². The van der Waals surface area contributed by atoms with Crippen molar-refractivity contribution in [2.45, 2.75) is 39.7 Å². The van der Waals surface area contributed by atoms with Crippen LogP contribution in [0.15, 0.2) is 42.7 Å². The van der Waals surface area contributed by atoms with Crippen LogP contribution in [0.4, 0.5) is 14.7 Å². The maximum Gasteiger partial charge on any atom is 0.302 e. The Balaban J connectivity index is 1.98. The zero-order chi connectivity index (χ0) is 23.2. The Morgan fingerprint density at radius 3 is 2.48 bits per heavy atom. The largest absolute Gasteiger partial charge is 0.471 e. The average Bonchev–Trinajstić information content (AvgIpc) is 2.72. The summed E-state index contributed by atoms with van der Waals surface area (Å²) in [4.78, 5) is 36.2. The van der Waals surface area contributed by atoms with Crippen LogP contribution in [0.2, 0.25) is 0 Å². The van der Waals surface area contributed by atoms with E-state index in [0.29, 0.717) is 5.56 Å². The summed E-state index contributed by atoms with van der Waals surface area (Å²) in [6, 6.07) is 4.02. The number of aromatic nitrogens is 3. The average molecular weight is 433 g/mol. The number of anilines is 1. The van der Waals surface area contributed by atoms with Gasteiger partial charge in [0, 0.05) is 24.4 Å². The first-order valence-corrected chi connectivity index (χ1v) is 9.57. The Kier molecular flexibility index (Phi) is 7.73. The molecule has 2 amide bonds. The van der Waals surface area contributed by atoms with Crippen LogP contribution in [0, 0.1) is 5.92 Å². The first kappa shape index (κ1) is 23.8. The lowest BCUT2D eigenvalue weighted by atomic mass is 10.1. The van der Waals surface area contributed by atoms with Crippen molar-refractivity contribution < 1.29 is 23.1 Å². The molecular weight excluding hydrogens is 408 g/mol. The second-order valence-corrected chi connectivity index (χ2v) is 7.31. The number of ether oxygens (including phenoxy) is 1. The van der Waals surface area contributed by atoms with Crippen molar-refractivity contribution in [2.75, 3.05) is 11.9 Å². The Bertz CT molecular complexity index is 948. The molecule has 0 saturated carbocycles. The van der Waals surface area contributed by atoms with Crippen molar-refractivity contribution in [3.8, 4) is 5.88 Å². The van der Waals surface area contributed by atoms with E-state index in [1.807, 2.05) is 0 Å². The fourth-order valence-corrected chi connectivity index (χ4v) is 2.17. The quantitative estimate of drug-likeness (QED) is 0.586. The van der Waals surface area contributed by atoms with Gasteiger partial charge in [0.15, 0.2) is 6.61 Å². The molecule has 10 heteroatoms. The topological polar surface area (TPSA) is 106 Å². The van der Waals surface area contributed by atoms with Gasteiger partial charge in [-0.25, -0.2) is 15.0 Å². The molecule has 0 bridgehead atoms. The zero-order valence-electron chi connectivity index (χ0n) is 17.8. The lowest BCUT2D eigenvalue weighted by Gasteiger charge is -2.17. The van der Waals surface area contributed by atoms with E-state index in [4.69, 9.17) is 4.74 Å². The van der Waals surface area contributed by atoms with Gasteiger partial charge in [-0.3, -0.25) is 14.9 Å². The molecule has 2 rings (SSSR count). The number of hydrogen-bond donors (Lipinski definition) is 2. The van der Waals surface area contributed by atoms with Gasteiger partial charge in [0.1, 0.15) is 5.69 Å². The summed E-state index contributed by atoms with van der Waals surface area (Å²) in [5.41, 5.74) is 0.419. The van der Waals surface area contributed by atoms with Crippen molar-refractivity contribution in [3.63, 3.8) is 0 Å². The molecule has 0 spiro atoms. The fourth-order valence-electron chi connectivity index (χ4n) is 2.17. The van der Waals surface area contributed by atoms with E-state index in [-0.39, 0.29) is 34.9 Å². The smallest absolute Gasteiger partial charge is 0.302 e. The van der Waals surface area contributed by atoms with Crippen LogP contribution in [0.25, 0.3) is 0 Å². The highest BCUT2D eigenvalue weighted by atomic mass is 19.3. The van der Waals surface area contributed by atoms with Gasteiger partial charge in [-0.05, 0) is 31.1 Å². The van der Waals surface area contributed by atoms with Crippen LogP contribution in [0.3, 0.4) is 0 Å². The minimum Gasteiger partial charge on any atom is -0.471 e. The highest BCUT2D eigenvalue weighted by Crippen LogP contribution is 2.23. The van der Waals surface area contributed by atoms with Crippen molar-refractivity contribution in [3.05, 3.63) is 54.0 Å². The first-order valence-electron chi connectivity index (χ1n) is 9.57. The molecule has 0 saturated heterocycles. The van der Waals surface area contributed by atoms with Crippen LogP contribution in [-0.4, -0.2) is 39.3 Å². The summed E-state index contributed by atoms with van der Waals surface area (Å²) < 4.78 is 32.1. The number of pyridine rings is 1. The summed E-state index contributed by atoms with van der Waals surface area (Å²) in [6.07, 6.45) is 2.80. The number of halogens is 2. The van der Waals surface area contributed by atoms with Crippen LogP contribution in [-0.2, 0) is 4.79 Å². The number of nitrogens with zero attached hydrogens (tertiary/aromatic N) is 3. The Hall–Kier alpha value is -3.43. The Labute approximate surface area is 179 Å². The molecule has 0 aliphatic heterocycles. The number of carbonyl (C=O) groups is 2. The normalized spacial score (nSPS) is 12.2. The van der Waals surface area contributed by atoms with E-state index in [1.54, 1.807) is 26.8 Å². The molecule has 31 heavy (non-hydrogen) atoms. The molecule has 0 aliphatic rings. The van der Waals surface area contributed by atoms with Crippen molar-refractivity contribution >= 4 is 17.8 Å². The summed E-state index contributed by atoms with van der Waals surface area (Å²) in [5.74, 6) is -4.07. The minimum absolute atomic E-state index is 0.0320. The molecule has 166 valence electrons. The number of amides is 2. The van der Waals surface area contributed by atoms with Crippen LogP contribution in [0.5, 0.6) is 5.88 Å². The predicted octanol–water partition coefficient (Wildman–Crippen LogP) is 3.55. The van der Waals surface area contributed by atoms with Gasteiger partial charge in [-0.1, -0.05) is 26.5 Å². The summed E-state index contributed by atoms with van der Waals surface area (Å²) in [6.45, 7) is 8.79. The van der Waals surface area contributed by atoms with Crippen molar-refractivity contribution in [2.24, 2.45) is 5.92 Å². The van der Waals surface area contributed by atoms with Crippen LogP contribution < -0.4 is 15.4 Å². The lowest BCUT2D eigenvalue weighted by Crippen LogP contribution is -2.28. The van der Waals surface area contributed by atoms with E-state index in [9.17, 15) is 18.4 Å². The molecule has 0 fully saturated rings. The fraction of sp³-hybridized carbons (Fsp3) is 0.381. The summed E-state index contributed by atoms with van der Waals surface area (Å²) in [7, 11) is 0. The molecule has 1 unspecified atom stereocenters. The van der Waals surface area contributed by atoms with E-state index in [2.05, 4.69) is 32.2 Å². The summed E-state index contributed by atoms with van der Waals surface area (Å²) >= 11 is 0. The van der Waals surface area contributed by atoms with Gasteiger partial charge in [0.2, 0.25) is 17.7 Å². The van der Waals surface area contributed by atoms with Gasteiger partial charge in [-0.2, -0.15) is 8.78 Å². The van der Waals surface area contributed by atoms with Crippen LogP contribution in [0.1, 0.15) is 49.8 Å². The van der Waals surface area contributed by atoms with Crippen molar-refractivity contribution in [1.82, 2.24) is 20.3 Å². The van der Waals surface area contributed by atoms with E-state index >= 15 is 0 Å². The predicted molar refractivity (Wildman–Crippen MR) is 111 cm³/mol. The maximum absolute atomic E-state index is 13.5. The van der Waals surface area contributed by atoms with Gasteiger partial charge in [0.25, 0.3) is 5.91 Å². The number of alkyl halides is 2. The molecule has 1 atom stereocenters. The monoisotopic (exact) mass is 433 g/mol. The highest BCUT2D eigenvalue weighted by Gasteiger charge is 2.31. The van der Waals surface area contributed by atoms with Gasteiger partial charge >= 0.3 is 5.92 Å². The van der Waals surface area contributed by atoms with Crippen molar-refractivity contribution in [1.29, 1.82) is 0 Å². The molecule has 0 radical (unpaired) electrons. The molecule has 2 aromatic rings. The standard InChI is InChI=1S/C21H25F2N5O3/c1-12(2)18(29)28-20-24-9-8-16(27-20)19(30)26-14(5)15-6-7-17(25-10-15)31-11-21(22,23)13(3)4/h6-10,12,14H,3,11H2,1-2,4-5H3,(H,26,30)(H,24,27,28,29). The first-order chi connectivity index (χ1) is 14.5. The third-order valence-corrected chi connectivity index (χ3v) is 4.28. The molecule has 2 aromatic heterocycles. The Morgan fingerprint density at radius 1 is 1.19 bits per heavy atom. The number of carbonyl (C=O) groups excluding carboxylic acids is 2. The lowest BCUT2D eigenvalue weighted by molar-refractivity contribution is -0.118. The highest BCUT2D eigenvalue weighted by molar-refractivity contribution is 5.94. The van der Waals surface area contributed by atoms with Gasteiger partial charge in [-0.15, -0.1) is 0 Å². The van der Waals surface area contributed by atoms with Crippen LogP contribution >= 0.6 is 0 Å². The van der Waals surface area contributed by atoms with Gasteiger partial charge < -0.3 is 10.1 Å². The zero-order valence-corrected chi connectivity index (χ0v) is 17.8. The van der Waals surface area contributed by atoms with E-state index in [1.165, 1.54) is 31.5 Å². The second kappa shape index (κ2) is 10.1. The number of rotatable bonds is 9. The molecule has 0 aromatic carbocycles. The molecule has 2 heterocycles. The summed E-state index contributed by atoms with van der Waals surface area (Å²) in [5, 5.41) is 5.29. The molecular formula is C21H25F2N5O3. The third kappa shape index (κ3) is 6.80. The SMILES string of the molecule is C=C(C)C(F)(F)COc1ccc(C(C)NC(=O)c2ccnc(NC(=O)C(C)C)n2)cn1. The minimum atomic E-state index is -3.15. The van der Waals surface area contributed by atoms with E-state index < -0.39 is 24.5 Å². The number of nitrogens with one attached hydrogen (secondary N) is 2. The van der Waals surface area contributed by atoms with E-state index in [0.717, 1.165) is 0 Å². The molecule has 2 N–H and O–H groups in total. The third-order valence-electron chi connectivity index (χ3n) is 4.28. The second-order valence-electron chi connectivity index (χ2n) is 7.31. The molecule has 0 aliphatic carbocycles. The Morgan fingerprint density at radius 2 is 1.90 bits per heavy atom.